The molecule has 6 nitrogen and oxygen atoms in total. The van der Waals surface area contributed by atoms with E-state index in [0.29, 0.717) is 29.5 Å². The van der Waals surface area contributed by atoms with Crippen LogP contribution in [0.15, 0.2) is 36.4 Å². The zero-order valence-corrected chi connectivity index (χ0v) is 27.0. The van der Waals surface area contributed by atoms with Crippen LogP contribution in [0, 0.1) is 17.2 Å². The Labute approximate surface area is 264 Å². The fraction of sp³-hybridized carbons (Fsp3) is 0.588. The second kappa shape index (κ2) is 11.3. The number of carbonyl (C=O) groups excluding carboxylic acids is 2. The van der Waals surface area contributed by atoms with Crippen LogP contribution in [0.3, 0.4) is 0 Å². The predicted molar refractivity (Wildman–Crippen MR) is 170 cm³/mol. The topological polar surface area (TPSA) is 73.5 Å². The van der Waals surface area contributed by atoms with E-state index in [1.54, 1.807) is 24.3 Å². The van der Waals surface area contributed by atoms with Crippen molar-refractivity contribution in [2.24, 2.45) is 11.3 Å². The normalized spacial score (nSPS) is 30.9. The second-order valence-corrected chi connectivity index (χ2v) is 15.3. The van der Waals surface area contributed by atoms with E-state index >= 15 is 4.39 Å². The molecule has 2 amide bonds. The summed E-state index contributed by atoms with van der Waals surface area (Å²) in [5, 5.41) is 10.7. The third-order valence-corrected chi connectivity index (χ3v) is 11.4. The van der Waals surface area contributed by atoms with Crippen LogP contribution in [0.25, 0.3) is 0 Å². The summed E-state index contributed by atoms with van der Waals surface area (Å²) in [5.74, 6) is -1.19. The SMILES string of the molecule is CN(C)CC1CCC(NC(=O)[C@@H]2NC3(CCC(C)(C)CC3)[C@@]3(C(=O)Nc4cc(Cl)ccc43)[C@H]2c2cccc(Cl)c2F)CC1. The molecule has 43 heavy (non-hydrogen) atoms. The minimum absolute atomic E-state index is 0.0218. The number of nitrogens with zero attached hydrogens (tertiary/aromatic N) is 1. The van der Waals surface area contributed by atoms with E-state index in [4.69, 9.17) is 23.2 Å². The van der Waals surface area contributed by atoms with Crippen molar-refractivity contribution >= 4 is 40.7 Å². The summed E-state index contributed by atoms with van der Waals surface area (Å²) < 4.78 is 16.1. The molecule has 9 heteroatoms. The van der Waals surface area contributed by atoms with Gasteiger partial charge in [-0.3, -0.25) is 14.9 Å². The molecule has 4 aliphatic rings. The average Bonchev–Trinajstić information content (AvgIpc) is 3.40. The zero-order chi connectivity index (χ0) is 30.7. The number of benzene rings is 2. The lowest BCUT2D eigenvalue weighted by Crippen LogP contribution is -2.61. The highest BCUT2D eigenvalue weighted by Crippen LogP contribution is 2.64. The molecule has 2 aromatic rings. The smallest absolute Gasteiger partial charge is 0.238 e. The van der Waals surface area contributed by atoms with Gasteiger partial charge in [0.15, 0.2) is 0 Å². The van der Waals surface area contributed by atoms with Crippen LogP contribution in [0.4, 0.5) is 10.1 Å². The van der Waals surface area contributed by atoms with Crippen LogP contribution >= 0.6 is 23.2 Å². The Morgan fingerprint density at radius 1 is 1.05 bits per heavy atom. The Morgan fingerprint density at radius 2 is 1.74 bits per heavy atom. The molecule has 2 saturated carbocycles. The Morgan fingerprint density at radius 3 is 2.42 bits per heavy atom. The Kier molecular flexibility index (Phi) is 8.11. The first kappa shape index (κ1) is 30.8. The van der Waals surface area contributed by atoms with E-state index in [-0.39, 0.29) is 33.9 Å². The largest absolute Gasteiger partial charge is 0.352 e. The third kappa shape index (κ3) is 5.18. The highest BCUT2D eigenvalue weighted by atomic mass is 35.5. The Hall–Kier alpha value is -2.19. The molecule has 0 radical (unpaired) electrons. The van der Waals surface area contributed by atoms with Gasteiger partial charge in [-0.1, -0.05) is 55.2 Å². The van der Waals surface area contributed by atoms with Crippen molar-refractivity contribution < 1.29 is 14.0 Å². The van der Waals surface area contributed by atoms with Crippen molar-refractivity contribution in [2.75, 3.05) is 26.0 Å². The van der Waals surface area contributed by atoms with Gasteiger partial charge in [0, 0.05) is 34.8 Å². The predicted octanol–water partition coefficient (Wildman–Crippen LogP) is 6.65. The Bertz CT molecular complexity index is 1410. The first-order chi connectivity index (χ1) is 20.4. The molecule has 0 aromatic heterocycles. The molecular formula is C34H43Cl2FN4O2. The standard InChI is InChI=1S/C34H43Cl2FN4O2/c1-32(2)14-16-33(17-15-32)34(24-13-10-21(35)18-26(24)39-31(34)43)27(23-6-5-7-25(36)28(23)37)29(40-33)30(42)38-22-11-8-20(9-12-22)19-41(3)4/h5-7,10,13,18,20,22,27,29,40H,8-9,11-12,14-17,19H2,1-4H3,(H,38,42)(H,39,43)/t20?,22?,27-,29+,34+/m0/s1. The quantitative estimate of drug-likeness (QED) is 0.346. The second-order valence-electron chi connectivity index (χ2n) is 14.4. The van der Waals surface area contributed by atoms with Crippen LogP contribution in [0.1, 0.15) is 82.3 Å². The van der Waals surface area contributed by atoms with Gasteiger partial charge >= 0.3 is 0 Å². The molecule has 2 aliphatic carbocycles. The highest BCUT2D eigenvalue weighted by molar-refractivity contribution is 6.31. The number of anilines is 1. The van der Waals surface area contributed by atoms with Crippen molar-refractivity contribution in [3.8, 4) is 0 Å². The minimum Gasteiger partial charge on any atom is -0.352 e. The molecule has 3 N–H and O–H groups in total. The van der Waals surface area contributed by atoms with E-state index in [9.17, 15) is 9.59 Å². The minimum atomic E-state index is -1.24. The maximum atomic E-state index is 16.1. The van der Waals surface area contributed by atoms with Gasteiger partial charge in [-0.05, 0) is 106 Å². The molecule has 232 valence electrons. The van der Waals surface area contributed by atoms with Gasteiger partial charge < -0.3 is 15.5 Å². The fourth-order valence-electron chi connectivity index (χ4n) is 8.71. The molecule has 0 unspecified atom stereocenters. The highest BCUT2D eigenvalue weighted by Gasteiger charge is 2.73. The van der Waals surface area contributed by atoms with Crippen LogP contribution < -0.4 is 16.0 Å². The lowest BCUT2D eigenvalue weighted by molar-refractivity contribution is -0.125. The van der Waals surface area contributed by atoms with Crippen LogP contribution in [-0.4, -0.2) is 55.0 Å². The molecule has 2 spiro atoms. The molecule has 0 bridgehead atoms. The van der Waals surface area contributed by atoms with Crippen molar-refractivity contribution in [1.82, 2.24) is 15.5 Å². The van der Waals surface area contributed by atoms with E-state index in [1.807, 2.05) is 6.07 Å². The number of amides is 2. The molecule has 3 atom stereocenters. The van der Waals surface area contributed by atoms with Gasteiger partial charge in [0.2, 0.25) is 11.8 Å². The van der Waals surface area contributed by atoms with Gasteiger partial charge in [-0.15, -0.1) is 0 Å². The molecule has 2 heterocycles. The van der Waals surface area contributed by atoms with Crippen molar-refractivity contribution in [3.05, 3.63) is 63.4 Å². The molecule has 2 aromatic carbocycles. The number of hydrogen-bond acceptors (Lipinski definition) is 4. The van der Waals surface area contributed by atoms with Crippen LogP contribution in [0.5, 0.6) is 0 Å². The monoisotopic (exact) mass is 628 g/mol. The summed E-state index contributed by atoms with van der Waals surface area (Å²) in [6.07, 6.45) is 6.99. The van der Waals surface area contributed by atoms with Gasteiger partial charge in [0.05, 0.1) is 11.1 Å². The van der Waals surface area contributed by atoms with Crippen LogP contribution in [-0.2, 0) is 15.0 Å². The molecule has 2 aliphatic heterocycles. The summed E-state index contributed by atoms with van der Waals surface area (Å²) in [7, 11) is 4.19. The van der Waals surface area contributed by atoms with Gasteiger partial charge in [-0.2, -0.15) is 0 Å². The molecule has 3 fully saturated rings. The maximum absolute atomic E-state index is 16.1. The number of nitrogens with one attached hydrogen (secondary N) is 3. The number of rotatable bonds is 5. The number of carbonyl (C=O) groups is 2. The van der Waals surface area contributed by atoms with Gasteiger partial charge in [0.25, 0.3) is 0 Å². The van der Waals surface area contributed by atoms with Crippen molar-refractivity contribution in [3.63, 3.8) is 0 Å². The van der Waals surface area contributed by atoms with E-state index in [2.05, 4.69) is 48.8 Å². The first-order valence-electron chi connectivity index (χ1n) is 15.7. The number of fused-ring (bicyclic) bond motifs is 3. The maximum Gasteiger partial charge on any atom is 0.238 e. The summed E-state index contributed by atoms with van der Waals surface area (Å²) in [6, 6.07) is 9.55. The van der Waals surface area contributed by atoms with E-state index in [0.717, 1.165) is 50.6 Å². The average molecular weight is 630 g/mol. The summed E-state index contributed by atoms with van der Waals surface area (Å²) in [4.78, 5) is 31.2. The molecule has 6 rings (SSSR count). The zero-order valence-electron chi connectivity index (χ0n) is 25.5. The first-order valence-corrected chi connectivity index (χ1v) is 16.4. The number of halogens is 3. The number of hydrogen-bond donors (Lipinski definition) is 3. The molecular weight excluding hydrogens is 586 g/mol. The summed E-state index contributed by atoms with van der Waals surface area (Å²) in [6.45, 7) is 5.53. The fourth-order valence-corrected chi connectivity index (χ4v) is 9.07. The van der Waals surface area contributed by atoms with Crippen molar-refractivity contribution in [1.29, 1.82) is 0 Å². The van der Waals surface area contributed by atoms with E-state index < -0.39 is 28.7 Å². The van der Waals surface area contributed by atoms with E-state index in [1.165, 1.54) is 6.07 Å². The van der Waals surface area contributed by atoms with Crippen LogP contribution in [0.2, 0.25) is 10.0 Å². The lowest BCUT2D eigenvalue weighted by atomic mass is 9.53. The summed E-state index contributed by atoms with van der Waals surface area (Å²) >= 11 is 12.8. The Balaban J connectivity index is 1.45. The molecule has 1 saturated heterocycles. The third-order valence-electron chi connectivity index (χ3n) is 10.9. The van der Waals surface area contributed by atoms with Crippen molar-refractivity contribution in [2.45, 2.75) is 94.2 Å². The van der Waals surface area contributed by atoms with Gasteiger partial charge in [-0.25, -0.2) is 4.39 Å². The lowest BCUT2D eigenvalue weighted by Gasteiger charge is -2.50. The van der Waals surface area contributed by atoms with Gasteiger partial charge in [0.1, 0.15) is 11.2 Å². The summed E-state index contributed by atoms with van der Waals surface area (Å²) in [5.41, 5.74) is -0.241.